The van der Waals surface area contributed by atoms with Gasteiger partial charge in [-0.3, -0.25) is 0 Å². The quantitative estimate of drug-likeness (QED) is 0.847. The molecule has 0 spiro atoms. The van der Waals surface area contributed by atoms with Gasteiger partial charge in [0.15, 0.2) is 0 Å². The number of hydrogen-bond acceptors (Lipinski definition) is 2. The lowest BCUT2D eigenvalue weighted by Crippen LogP contribution is -2.36. The van der Waals surface area contributed by atoms with Crippen molar-refractivity contribution in [1.29, 1.82) is 0 Å². The van der Waals surface area contributed by atoms with Crippen molar-refractivity contribution in [2.75, 3.05) is 6.61 Å². The van der Waals surface area contributed by atoms with E-state index in [1.807, 2.05) is 32.9 Å². The normalized spacial score (nSPS) is 16.6. The Morgan fingerprint density at radius 3 is 2.47 bits per heavy atom. The van der Waals surface area contributed by atoms with Gasteiger partial charge in [0.25, 0.3) is 0 Å². The molecule has 0 aliphatic heterocycles. The molecule has 2 heteroatoms. The van der Waals surface area contributed by atoms with Crippen LogP contribution in [0.25, 0.3) is 0 Å². The topological polar surface area (TPSA) is 29.5 Å². The fourth-order valence-electron chi connectivity index (χ4n) is 2.10. The summed E-state index contributed by atoms with van der Waals surface area (Å²) in [6.45, 7) is 10.7. The van der Waals surface area contributed by atoms with Gasteiger partial charge < -0.3 is 9.84 Å². The van der Waals surface area contributed by atoms with Gasteiger partial charge in [-0.05, 0) is 50.8 Å². The SMILES string of the molecule is CCOC(C)(CC)C(O)c1cccc(C)c1C. The van der Waals surface area contributed by atoms with Crippen LogP contribution in [0.3, 0.4) is 0 Å². The largest absolute Gasteiger partial charge is 0.385 e. The molecular formula is C15H24O2. The average Bonchev–Trinajstić information content (AvgIpc) is 2.32. The zero-order valence-corrected chi connectivity index (χ0v) is 11.6. The molecule has 0 aliphatic carbocycles. The van der Waals surface area contributed by atoms with Crippen molar-refractivity contribution in [3.8, 4) is 0 Å². The van der Waals surface area contributed by atoms with Crippen LogP contribution in [0.2, 0.25) is 0 Å². The number of ether oxygens (including phenoxy) is 1. The van der Waals surface area contributed by atoms with Crippen LogP contribution in [0.5, 0.6) is 0 Å². The number of hydrogen-bond donors (Lipinski definition) is 1. The third kappa shape index (κ3) is 2.88. The van der Waals surface area contributed by atoms with Crippen molar-refractivity contribution < 1.29 is 9.84 Å². The Balaban J connectivity index is 3.10. The van der Waals surface area contributed by atoms with Crippen LogP contribution < -0.4 is 0 Å². The maximum atomic E-state index is 10.6. The van der Waals surface area contributed by atoms with E-state index in [9.17, 15) is 5.11 Å². The third-order valence-corrected chi connectivity index (χ3v) is 3.70. The maximum absolute atomic E-state index is 10.6. The molecule has 0 aromatic heterocycles. The molecule has 1 rings (SSSR count). The van der Waals surface area contributed by atoms with Crippen molar-refractivity contribution in [3.05, 3.63) is 34.9 Å². The van der Waals surface area contributed by atoms with Gasteiger partial charge in [-0.1, -0.05) is 25.1 Å². The fraction of sp³-hybridized carbons (Fsp3) is 0.600. The zero-order chi connectivity index (χ0) is 13.1. The highest BCUT2D eigenvalue weighted by atomic mass is 16.5. The molecule has 2 atom stereocenters. The van der Waals surface area contributed by atoms with Crippen LogP contribution in [-0.2, 0) is 4.74 Å². The highest BCUT2D eigenvalue weighted by Crippen LogP contribution is 2.34. The van der Waals surface area contributed by atoms with Crippen molar-refractivity contribution in [1.82, 2.24) is 0 Å². The first-order valence-corrected chi connectivity index (χ1v) is 6.34. The summed E-state index contributed by atoms with van der Waals surface area (Å²) in [7, 11) is 0. The molecular weight excluding hydrogens is 212 g/mol. The Morgan fingerprint density at radius 2 is 1.94 bits per heavy atom. The van der Waals surface area contributed by atoms with E-state index in [1.165, 1.54) is 5.56 Å². The summed E-state index contributed by atoms with van der Waals surface area (Å²) in [5.74, 6) is 0. The number of aryl methyl sites for hydroxylation is 1. The predicted molar refractivity (Wildman–Crippen MR) is 71.2 cm³/mol. The lowest BCUT2D eigenvalue weighted by Gasteiger charge is -2.34. The number of aliphatic hydroxyl groups is 1. The predicted octanol–water partition coefficient (Wildman–Crippen LogP) is 3.54. The zero-order valence-electron chi connectivity index (χ0n) is 11.6. The second kappa shape index (κ2) is 5.65. The Hall–Kier alpha value is -0.860. The molecule has 17 heavy (non-hydrogen) atoms. The highest BCUT2D eigenvalue weighted by Gasteiger charge is 2.33. The Labute approximate surface area is 105 Å². The van der Waals surface area contributed by atoms with E-state index in [0.29, 0.717) is 6.61 Å². The summed E-state index contributed by atoms with van der Waals surface area (Å²) in [6.07, 6.45) is 0.211. The molecule has 0 fully saturated rings. The number of rotatable bonds is 5. The lowest BCUT2D eigenvalue weighted by atomic mass is 9.87. The van der Waals surface area contributed by atoms with E-state index in [4.69, 9.17) is 4.74 Å². The molecule has 0 saturated heterocycles. The second-order valence-electron chi connectivity index (χ2n) is 4.79. The van der Waals surface area contributed by atoms with Gasteiger partial charge in [0.05, 0.1) is 5.60 Å². The summed E-state index contributed by atoms with van der Waals surface area (Å²) >= 11 is 0. The minimum absolute atomic E-state index is 0.507. The summed E-state index contributed by atoms with van der Waals surface area (Å²) in [5, 5.41) is 10.6. The summed E-state index contributed by atoms with van der Waals surface area (Å²) in [4.78, 5) is 0. The van der Waals surface area contributed by atoms with E-state index in [1.54, 1.807) is 0 Å². The summed E-state index contributed by atoms with van der Waals surface area (Å²) in [5.41, 5.74) is 2.83. The Bertz CT molecular complexity index is 373. The third-order valence-electron chi connectivity index (χ3n) is 3.70. The maximum Gasteiger partial charge on any atom is 0.108 e. The highest BCUT2D eigenvalue weighted by molar-refractivity contribution is 5.35. The second-order valence-corrected chi connectivity index (χ2v) is 4.79. The molecule has 0 bridgehead atoms. The van der Waals surface area contributed by atoms with Crippen molar-refractivity contribution in [2.45, 2.75) is 52.7 Å². The first-order chi connectivity index (χ1) is 7.96. The van der Waals surface area contributed by atoms with E-state index in [0.717, 1.165) is 17.5 Å². The molecule has 0 radical (unpaired) electrons. The lowest BCUT2D eigenvalue weighted by molar-refractivity contribution is -0.113. The molecule has 1 N–H and O–H groups in total. The molecule has 0 amide bonds. The van der Waals surface area contributed by atoms with Crippen LogP contribution in [0.1, 0.15) is 50.0 Å². The fourth-order valence-corrected chi connectivity index (χ4v) is 2.10. The Kier molecular flexibility index (Phi) is 4.72. The smallest absolute Gasteiger partial charge is 0.108 e. The van der Waals surface area contributed by atoms with Gasteiger partial charge >= 0.3 is 0 Å². The van der Waals surface area contributed by atoms with Gasteiger partial charge in [0.1, 0.15) is 6.10 Å². The minimum Gasteiger partial charge on any atom is -0.385 e. The van der Waals surface area contributed by atoms with Crippen molar-refractivity contribution in [2.24, 2.45) is 0 Å². The van der Waals surface area contributed by atoms with E-state index in [-0.39, 0.29) is 0 Å². The molecule has 1 aromatic rings. The van der Waals surface area contributed by atoms with Gasteiger partial charge in [0, 0.05) is 6.61 Å². The van der Waals surface area contributed by atoms with Gasteiger partial charge in [-0.15, -0.1) is 0 Å². The summed E-state index contributed by atoms with van der Waals surface area (Å²) in [6, 6.07) is 6.04. The van der Waals surface area contributed by atoms with Crippen LogP contribution in [0, 0.1) is 13.8 Å². The molecule has 2 unspecified atom stereocenters. The standard InChI is InChI=1S/C15H24O2/c1-6-15(5,17-7-2)14(16)13-10-8-9-11(3)12(13)4/h8-10,14,16H,6-7H2,1-5H3. The molecule has 1 aromatic carbocycles. The first kappa shape index (κ1) is 14.2. The van der Waals surface area contributed by atoms with Gasteiger partial charge in [-0.25, -0.2) is 0 Å². The van der Waals surface area contributed by atoms with E-state index in [2.05, 4.69) is 19.9 Å². The first-order valence-electron chi connectivity index (χ1n) is 6.34. The molecule has 2 nitrogen and oxygen atoms in total. The van der Waals surface area contributed by atoms with Crippen LogP contribution in [-0.4, -0.2) is 17.3 Å². The number of aliphatic hydroxyl groups excluding tert-OH is 1. The van der Waals surface area contributed by atoms with E-state index < -0.39 is 11.7 Å². The summed E-state index contributed by atoms with van der Waals surface area (Å²) < 4.78 is 5.74. The van der Waals surface area contributed by atoms with Gasteiger partial charge in [0.2, 0.25) is 0 Å². The Morgan fingerprint density at radius 1 is 1.29 bits per heavy atom. The minimum atomic E-state index is -0.577. The van der Waals surface area contributed by atoms with Crippen LogP contribution in [0.4, 0.5) is 0 Å². The van der Waals surface area contributed by atoms with Crippen molar-refractivity contribution >= 4 is 0 Å². The number of benzene rings is 1. The van der Waals surface area contributed by atoms with Crippen LogP contribution in [0.15, 0.2) is 18.2 Å². The van der Waals surface area contributed by atoms with Crippen LogP contribution >= 0.6 is 0 Å². The molecule has 96 valence electrons. The molecule has 0 saturated carbocycles. The molecule has 0 aliphatic rings. The van der Waals surface area contributed by atoms with Crippen molar-refractivity contribution in [3.63, 3.8) is 0 Å². The average molecular weight is 236 g/mol. The van der Waals surface area contributed by atoms with Gasteiger partial charge in [-0.2, -0.15) is 0 Å². The monoisotopic (exact) mass is 236 g/mol. The molecule has 0 heterocycles. The van der Waals surface area contributed by atoms with E-state index >= 15 is 0 Å².